The van der Waals surface area contributed by atoms with Crippen molar-refractivity contribution in [2.75, 3.05) is 24.5 Å². The molecule has 0 spiro atoms. The molecule has 114 valence electrons. The quantitative estimate of drug-likeness (QED) is 0.855. The van der Waals surface area contributed by atoms with Crippen LogP contribution in [0.25, 0.3) is 0 Å². The van der Waals surface area contributed by atoms with Crippen LogP contribution < -0.4 is 4.90 Å². The van der Waals surface area contributed by atoms with Crippen LogP contribution in [-0.4, -0.2) is 36.3 Å². The summed E-state index contributed by atoms with van der Waals surface area (Å²) in [6.45, 7) is 3.73. The number of likely N-dealkylation sites (tertiary alicyclic amines) is 1. The lowest BCUT2D eigenvalue weighted by atomic mass is 10.2. The third-order valence-electron chi connectivity index (χ3n) is 3.96. The summed E-state index contributed by atoms with van der Waals surface area (Å²) in [4.78, 5) is 27.7. The van der Waals surface area contributed by atoms with Gasteiger partial charge in [-0.05, 0) is 25.0 Å². The van der Waals surface area contributed by atoms with Gasteiger partial charge in [0.15, 0.2) is 0 Å². The summed E-state index contributed by atoms with van der Waals surface area (Å²) in [6, 6.07) is 9.53. The van der Waals surface area contributed by atoms with Gasteiger partial charge >= 0.3 is 0 Å². The number of para-hydroxylation sites is 1. The molecule has 0 N–H and O–H groups in total. The first-order valence-electron chi connectivity index (χ1n) is 7.79. The number of amides is 2. The number of carbonyl (C=O) groups excluding carboxylic acids is 2. The van der Waals surface area contributed by atoms with Crippen LogP contribution in [0, 0.1) is 0 Å². The van der Waals surface area contributed by atoms with Crippen LogP contribution >= 0.6 is 0 Å². The minimum absolute atomic E-state index is 0.0233. The fourth-order valence-corrected chi connectivity index (χ4v) is 2.76. The van der Waals surface area contributed by atoms with Crippen molar-refractivity contribution < 1.29 is 9.59 Å². The Morgan fingerprint density at radius 3 is 2.24 bits per heavy atom. The van der Waals surface area contributed by atoms with Gasteiger partial charge in [-0.25, -0.2) is 0 Å². The Morgan fingerprint density at radius 2 is 1.67 bits per heavy atom. The summed E-state index contributed by atoms with van der Waals surface area (Å²) in [6.07, 6.45) is 5.02. The maximum Gasteiger partial charge on any atom is 0.224 e. The number of benzene rings is 1. The highest BCUT2D eigenvalue weighted by Crippen LogP contribution is 2.15. The number of hydrogen-bond donors (Lipinski definition) is 0. The van der Waals surface area contributed by atoms with Gasteiger partial charge in [0.05, 0.1) is 0 Å². The lowest BCUT2D eigenvalue weighted by Gasteiger charge is -2.24. The number of hydrogen-bond acceptors (Lipinski definition) is 2. The van der Waals surface area contributed by atoms with E-state index in [2.05, 4.69) is 0 Å². The number of nitrogens with zero attached hydrogens (tertiary/aromatic N) is 2. The molecule has 0 saturated carbocycles. The van der Waals surface area contributed by atoms with E-state index in [1.54, 1.807) is 11.8 Å². The standard InChI is InChI=1S/C17H24N2O2/c1-15(20)19(16-9-5-4-6-10-16)14-11-17(21)18-12-7-2-3-8-13-18/h4-6,9-10H,2-3,7-8,11-14H2,1H3. The van der Waals surface area contributed by atoms with E-state index in [1.807, 2.05) is 35.2 Å². The van der Waals surface area contributed by atoms with Gasteiger partial charge in [0, 0.05) is 38.7 Å². The van der Waals surface area contributed by atoms with Crippen molar-refractivity contribution in [3.8, 4) is 0 Å². The van der Waals surface area contributed by atoms with E-state index in [9.17, 15) is 9.59 Å². The monoisotopic (exact) mass is 288 g/mol. The van der Waals surface area contributed by atoms with Crippen molar-refractivity contribution in [2.45, 2.75) is 39.0 Å². The Hall–Kier alpha value is -1.84. The first-order valence-corrected chi connectivity index (χ1v) is 7.79. The fourth-order valence-electron chi connectivity index (χ4n) is 2.76. The highest BCUT2D eigenvalue weighted by Gasteiger charge is 2.18. The Kier molecular flexibility index (Phi) is 5.78. The molecule has 0 aliphatic carbocycles. The maximum atomic E-state index is 12.3. The van der Waals surface area contributed by atoms with Crippen LogP contribution in [0.2, 0.25) is 0 Å². The molecule has 2 rings (SSSR count). The van der Waals surface area contributed by atoms with E-state index in [4.69, 9.17) is 0 Å². The lowest BCUT2D eigenvalue weighted by molar-refractivity contribution is -0.131. The van der Waals surface area contributed by atoms with E-state index in [1.165, 1.54) is 12.8 Å². The van der Waals surface area contributed by atoms with Gasteiger partial charge in [0.2, 0.25) is 11.8 Å². The predicted molar refractivity (Wildman–Crippen MR) is 84.1 cm³/mol. The molecule has 4 heteroatoms. The Balaban J connectivity index is 1.92. The summed E-state index contributed by atoms with van der Waals surface area (Å²) >= 11 is 0. The average molecular weight is 288 g/mol. The molecular weight excluding hydrogens is 264 g/mol. The van der Waals surface area contributed by atoms with Crippen molar-refractivity contribution in [1.29, 1.82) is 0 Å². The summed E-state index contributed by atoms with van der Waals surface area (Å²) in [5.41, 5.74) is 0.855. The minimum Gasteiger partial charge on any atom is -0.343 e. The molecule has 1 aliphatic heterocycles. The molecule has 0 atom stereocenters. The highest BCUT2D eigenvalue weighted by molar-refractivity contribution is 5.92. The Labute approximate surface area is 126 Å². The third kappa shape index (κ3) is 4.59. The second kappa shape index (κ2) is 7.81. The van der Waals surface area contributed by atoms with Crippen molar-refractivity contribution in [3.63, 3.8) is 0 Å². The topological polar surface area (TPSA) is 40.6 Å². The molecule has 1 aromatic carbocycles. The van der Waals surface area contributed by atoms with Gasteiger partial charge < -0.3 is 9.80 Å². The van der Waals surface area contributed by atoms with E-state index >= 15 is 0 Å². The van der Waals surface area contributed by atoms with E-state index in [-0.39, 0.29) is 11.8 Å². The first kappa shape index (κ1) is 15.5. The zero-order valence-corrected chi connectivity index (χ0v) is 12.8. The molecule has 1 aliphatic rings. The molecule has 0 aromatic heterocycles. The van der Waals surface area contributed by atoms with Crippen molar-refractivity contribution in [2.24, 2.45) is 0 Å². The van der Waals surface area contributed by atoms with Crippen molar-refractivity contribution in [1.82, 2.24) is 4.90 Å². The molecule has 1 saturated heterocycles. The van der Waals surface area contributed by atoms with Gasteiger partial charge in [-0.2, -0.15) is 0 Å². The zero-order valence-electron chi connectivity index (χ0n) is 12.8. The summed E-state index contributed by atoms with van der Waals surface area (Å²) in [5, 5.41) is 0. The van der Waals surface area contributed by atoms with Crippen LogP contribution in [0.1, 0.15) is 39.0 Å². The maximum absolute atomic E-state index is 12.3. The normalized spacial score (nSPS) is 15.4. The molecular formula is C17H24N2O2. The summed E-state index contributed by atoms with van der Waals surface area (Å²) < 4.78 is 0. The second-order valence-corrected chi connectivity index (χ2v) is 5.55. The molecule has 0 unspecified atom stereocenters. The van der Waals surface area contributed by atoms with Crippen LogP contribution in [0.5, 0.6) is 0 Å². The van der Waals surface area contributed by atoms with Crippen LogP contribution in [0.4, 0.5) is 5.69 Å². The zero-order chi connectivity index (χ0) is 15.1. The van der Waals surface area contributed by atoms with Gasteiger partial charge in [-0.15, -0.1) is 0 Å². The van der Waals surface area contributed by atoms with Crippen LogP contribution in [-0.2, 0) is 9.59 Å². The SMILES string of the molecule is CC(=O)N(CCC(=O)N1CCCCCC1)c1ccccc1. The van der Waals surface area contributed by atoms with Crippen molar-refractivity contribution in [3.05, 3.63) is 30.3 Å². The van der Waals surface area contributed by atoms with Gasteiger partial charge in [0.1, 0.15) is 0 Å². The van der Waals surface area contributed by atoms with Crippen LogP contribution in [0.3, 0.4) is 0 Å². The average Bonchev–Trinajstić information content (AvgIpc) is 2.77. The number of carbonyl (C=O) groups is 2. The second-order valence-electron chi connectivity index (χ2n) is 5.55. The first-order chi connectivity index (χ1) is 10.2. The predicted octanol–water partition coefficient (Wildman–Crippen LogP) is 2.83. The summed E-state index contributed by atoms with van der Waals surface area (Å²) in [7, 11) is 0. The molecule has 1 heterocycles. The van der Waals surface area contributed by atoms with Crippen molar-refractivity contribution >= 4 is 17.5 Å². The molecule has 1 fully saturated rings. The van der Waals surface area contributed by atoms with E-state index in [0.29, 0.717) is 13.0 Å². The van der Waals surface area contributed by atoms with Gasteiger partial charge in [-0.3, -0.25) is 9.59 Å². The van der Waals surface area contributed by atoms with E-state index in [0.717, 1.165) is 31.6 Å². The smallest absolute Gasteiger partial charge is 0.224 e. The molecule has 4 nitrogen and oxygen atoms in total. The largest absolute Gasteiger partial charge is 0.343 e. The Morgan fingerprint density at radius 1 is 1.05 bits per heavy atom. The molecule has 1 aromatic rings. The molecule has 0 bridgehead atoms. The minimum atomic E-state index is -0.0233. The number of anilines is 1. The highest BCUT2D eigenvalue weighted by atomic mass is 16.2. The molecule has 21 heavy (non-hydrogen) atoms. The molecule has 2 amide bonds. The third-order valence-corrected chi connectivity index (χ3v) is 3.96. The molecule has 0 radical (unpaired) electrons. The summed E-state index contributed by atoms with van der Waals surface area (Å²) in [5.74, 6) is 0.143. The van der Waals surface area contributed by atoms with Crippen LogP contribution in [0.15, 0.2) is 30.3 Å². The fraction of sp³-hybridized carbons (Fsp3) is 0.529. The lowest BCUT2D eigenvalue weighted by Crippen LogP contribution is -2.36. The van der Waals surface area contributed by atoms with Gasteiger partial charge in [-0.1, -0.05) is 31.0 Å². The van der Waals surface area contributed by atoms with Gasteiger partial charge in [0.25, 0.3) is 0 Å². The van der Waals surface area contributed by atoms with E-state index < -0.39 is 0 Å². The number of rotatable bonds is 4. The Bertz CT molecular complexity index is 465.